The van der Waals surface area contributed by atoms with Crippen LogP contribution in [0.25, 0.3) is 0 Å². The molecule has 3 heterocycles. The SMILES string of the molecule is Cc1nn(C)cc1CN1CCOC(c2cc(CCOc3ccc(C(C)C)cc3)[nH]n2)C1. The molecule has 1 unspecified atom stereocenters. The molecule has 1 aliphatic heterocycles. The van der Waals surface area contributed by atoms with Crippen molar-refractivity contribution in [3.8, 4) is 5.75 Å². The number of aryl methyl sites for hydroxylation is 2. The van der Waals surface area contributed by atoms with E-state index in [9.17, 15) is 0 Å². The van der Waals surface area contributed by atoms with Crippen LogP contribution in [0.4, 0.5) is 0 Å². The molecule has 31 heavy (non-hydrogen) atoms. The topological polar surface area (TPSA) is 68.2 Å². The van der Waals surface area contributed by atoms with E-state index in [1.807, 2.05) is 23.9 Å². The van der Waals surface area contributed by atoms with Gasteiger partial charge in [-0.2, -0.15) is 10.2 Å². The maximum atomic E-state index is 6.01. The van der Waals surface area contributed by atoms with Crippen molar-refractivity contribution in [2.24, 2.45) is 7.05 Å². The Morgan fingerprint density at radius 2 is 2.06 bits per heavy atom. The van der Waals surface area contributed by atoms with Crippen molar-refractivity contribution in [3.05, 3.63) is 64.7 Å². The number of hydrogen-bond acceptors (Lipinski definition) is 5. The van der Waals surface area contributed by atoms with Crippen LogP contribution in [-0.4, -0.2) is 51.2 Å². The third-order valence-corrected chi connectivity index (χ3v) is 5.83. The van der Waals surface area contributed by atoms with Gasteiger partial charge in [0, 0.05) is 50.6 Å². The Morgan fingerprint density at radius 1 is 1.26 bits per heavy atom. The maximum absolute atomic E-state index is 6.01. The Bertz CT molecular complexity index is 976. The average Bonchev–Trinajstić information content (AvgIpc) is 3.35. The van der Waals surface area contributed by atoms with Crippen LogP contribution in [0, 0.1) is 6.92 Å². The van der Waals surface area contributed by atoms with Crippen molar-refractivity contribution < 1.29 is 9.47 Å². The van der Waals surface area contributed by atoms with Crippen molar-refractivity contribution in [2.45, 2.75) is 45.8 Å². The number of aromatic amines is 1. The number of rotatable bonds is 8. The van der Waals surface area contributed by atoms with Crippen LogP contribution in [0.1, 0.15) is 54.1 Å². The van der Waals surface area contributed by atoms with Crippen LogP contribution < -0.4 is 4.74 Å². The summed E-state index contributed by atoms with van der Waals surface area (Å²) in [6.45, 7) is 10.4. The number of benzene rings is 1. The highest BCUT2D eigenvalue weighted by Gasteiger charge is 2.25. The van der Waals surface area contributed by atoms with E-state index in [2.05, 4.69) is 65.4 Å². The van der Waals surface area contributed by atoms with Gasteiger partial charge >= 0.3 is 0 Å². The molecule has 1 atom stereocenters. The minimum Gasteiger partial charge on any atom is -0.493 e. The summed E-state index contributed by atoms with van der Waals surface area (Å²) in [5.74, 6) is 1.44. The Balaban J connectivity index is 1.28. The highest BCUT2D eigenvalue weighted by atomic mass is 16.5. The molecule has 7 heteroatoms. The first-order chi connectivity index (χ1) is 15.0. The monoisotopic (exact) mass is 423 g/mol. The summed E-state index contributed by atoms with van der Waals surface area (Å²) < 4.78 is 13.8. The van der Waals surface area contributed by atoms with E-state index < -0.39 is 0 Å². The molecule has 1 N–H and O–H groups in total. The lowest BCUT2D eigenvalue weighted by Gasteiger charge is -2.31. The van der Waals surface area contributed by atoms with Crippen LogP contribution in [0.2, 0.25) is 0 Å². The van der Waals surface area contributed by atoms with Crippen molar-refractivity contribution in [1.82, 2.24) is 24.9 Å². The van der Waals surface area contributed by atoms with E-state index in [-0.39, 0.29) is 6.10 Å². The normalized spacial score (nSPS) is 17.4. The van der Waals surface area contributed by atoms with Crippen LogP contribution >= 0.6 is 0 Å². The zero-order valence-electron chi connectivity index (χ0n) is 19.0. The predicted molar refractivity (Wildman–Crippen MR) is 120 cm³/mol. The van der Waals surface area contributed by atoms with Crippen molar-refractivity contribution in [2.75, 3.05) is 26.3 Å². The van der Waals surface area contributed by atoms with Crippen LogP contribution in [0.3, 0.4) is 0 Å². The fourth-order valence-corrected chi connectivity index (χ4v) is 3.97. The molecule has 0 amide bonds. The van der Waals surface area contributed by atoms with Gasteiger partial charge in [0.25, 0.3) is 0 Å². The summed E-state index contributed by atoms with van der Waals surface area (Å²) >= 11 is 0. The quantitative estimate of drug-likeness (QED) is 0.597. The fraction of sp³-hybridized carbons (Fsp3) is 0.500. The second kappa shape index (κ2) is 9.66. The second-order valence-electron chi connectivity index (χ2n) is 8.65. The maximum Gasteiger partial charge on any atom is 0.119 e. The van der Waals surface area contributed by atoms with Gasteiger partial charge in [0.1, 0.15) is 11.9 Å². The summed E-state index contributed by atoms with van der Waals surface area (Å²) in [6.07, 6.45) is 2.87. The fourth-order valence-electron chi connectivity index (χ4n) is 3.97. The lowest BCUT2D eigenvalue weighted by Crippen LogP contribution is -2.38. The van der Waals surface area contributed by atoms with Crippen molar-refractivity contribution in [3.63, 3.8) is 0 Å². The van der Waals surface area contributed by atoms with E-state index >= 15 is 0 Å². The van der Waals surface area contributed by atoms with Gasteiger partial charge in [-0.25, -0.2) is 0 Å². The third-order valence-electron chi connectivity index (χ3n) is 5.83. The Labute approximate surface area is 184 Å². The molecule has 0 spiro atoms. The zero-order chi connectivity index (χ0) is 21.8. The lowest BCUT2D eigenvalue weighted by molar-refractivity contribution is -0.0350. The van der Waals surface area contributed by atoms with Gasteiger partial charge in [-0.1, -0.05) is 26.0 Å². The first-order valence-corrected chi connectivity index (χ1v) is 11.1. The molecule has 1 aliphatic rings. The molecule has 2 aromatic heterocycles. The summed E-state index contributed by atoms with van der Waals surface area (Å²) in [5, 5.41) is 12.1. The molecule has 1 saturated heterocycles. The third kappa shape index (κ3) is 5.54. The minimum absolute atomic E-state index is 0.0137. The molecular weight excluding hydrogens is 390 g/mol. The van der Waals surface area contributed by atoms with Gasteiger partial charge in [-0.3, -0.25) is 14.7 Å². The van der Waals surface area contributed by atoms with E-state index in [0.29, 0.717) is 19.1 Å². The minimum atomic E-state index is -0.0137. The molecular formula is C24H33N5O2. The molecule has 7 nitrogen and oxygen atoms in total. The van der Waals surface area contributed by atoms with E-state index in [1.165, 1.54) is 11.1 Å². The number of H-pyrrole nitrogens is 1. The summed E-state index contributed by atoms with van der Waals surface area (Å²) in [6, 6.07) is 10.5. The van der Waals surface area contributed by atoms with E-state index in [4.69, 9.17) is 9.47 Å². The van der Waals surface area contributed by atoms with Gasteiger partial charge in [-0.15, -0.1) is 0 Å². The number of ether oxygens (including phenoxy) is 2. The molecule has 0 bridgehead atoms. The van der Waals surface area contributed by atoms with Crippen molar-refractivity contribution >= 4 is 0 Å². The standard InChI is InChI=1S/C24H33N5O2/c1-17(2)19-5-7-22(8-6-19)30-11-9-21-13-23(26-25-21)24-16-29(10-12-31-24)15-20-14-28(4)27-18(20)3/h5-8,13-14,17,24H,9-12,15-16H2,1-4H3,(H,25,26). The van der Waals surface area contributed by atoms with Gasteiger partial charge in [-0.05, 0) is 36.6 Å². The van der Waals surface area contributed by atoms with Crippen LogP contribution in [0.15, 0.2) is 36.5 Å². The highest BCUT2D eigenvalue weighted by molar-refractivity contribution is 5.29. The number of morpholine rings is 1. The Morgan fingerprint density at radius 3 is 2.77 bits per heavy atom. The Kier molecular flexibility index (Phi) is 6.73. The lowest BCUT2D eigenvalue weighted by atomic mass is 10.0. The molecule has 1 fully saturated rings. The predicted octanol–water partition coefficient (Wildman–Crippen LogP) is 3.77. The van der Waals surface area contributed by atoms with E-state index in [0.717, 1.165) is 48.9 Å². The summed E-state index contributed by atoms with van der Waals surface area (Å²) in [5.41, 5.74) is 5.71. The van der Waals surface area contributed by atoms with Gasteiger partial charge in [0.2, 0.25) is 0 Å². The first kappa shape index (κ1) is 21.6. The van der Waals surface area contributed by atoms with Gasteiger partial charge < -0.3 is 9.47 Å². The van der Waals surface area contributed by atoms with Crippen molar-refractivity contribution in [1.29, 1.82) is 0 Å². The molecule has 3 aromatic rings. The molecule has 166 valence electrons. The van der Waals surface area contributed by atoms with E-state index in [1.54, 1.807) is 0 Å². The molecule has 0 saturated carbocycles. The number of hydrogen-bond donors (Lipinski definition) is 1. The van der Waals surface area contributed by atoms with Crippen LogP contribution in [0.5, 0.6) is 5.75 Å². The highest BCUT2D eigenvalue weighted by Crippen LogP contribution is 2.23. The number of aromatic nitrogens is 4. The van der Waals surface area contributed by atoms with Crippen LogP contribution in [-0.2, 0) is 24.8 Å². The molecule has 0 radical (unpaired) electrons. The summed E-state index contributed by atoms with van der Waals surface area (Å²) in [7, 11) is 1.97. The molecule has 0 aliphatic carbocycles. The number of nitrogens with one attached hydrogen (secondary N) is 1. The Hall–Kier alpha value is -2.64. The molecule has 4 rings (SSSR count). The number of nitrogens with zero attached hydrogens (tertiary/aromatic N) is 4. The van der Waals surface area contributed by atoms with Gasteiger partial charge in [0.15, 0.2) is 0 Å². The second-order valence-corrected chi connectivity index (χ2v) is 8.65. The average molecular weight is 424 g/mol. The molecule has 1 aromatic carbocycles. The smallest absolute Gasteiger partial charge is 0.119 e. The van der Waals surface area contributed by atoms with Gasteiger partial charge in [0.05, 0.1) is 24.6 Å². The largest absolute Gasteiger partial charge is 0.493 e. The first-order valence-electron chi connectivity index (χ1n) is 11.1. The summed E-state index contributed by atoms with van der Waals surface area (Å²) in [4.78, 5) is 2.41. The zero-order valence-corrected chi connectivity index (χ0v) is 19.0.